The number of hydrogen-bond acceptors (Lipinski definition) is 2. The molecule has 0 spiro atoms. The maximum atomic E-state index is 13.0. The fourth-order valence-electron chi connectivity index (χ4n) is 2.03. The van der Waals surface area contributed by atoms with Gasteiger partial charge in [-0.3, -0.25) is 0 Å². The number of aryl methyl sites for hydroxylation is 1. The Morgan fingerprint density at radius 2 is 1.78 bits per heavy atom. The molecular weight excluding hydrogens is 334 g/mol. The highest BCUT2D eigenvalue weighted by molar-refractivity contribution is 7.89. The van der Waals surface area contributed by atoms with Crippen molar-refractivity contribution < 1.29 is 26.0 Å². The molecule has 2 rings (SSSR count). The zero-order valence-electron chi connectivity index (χ0n) is 12.0. The highest BCUT2D eigenvalue weighted by atomic mass is 32.2. The Bertz CT molecular complexity index is 816. The quantitative estimate of drug-likeness (QED) is 0.859. The summed E-state index contributed by atoms with van der Waals surface area (Å²) in [6.45, 7) is 1.13. The standard InChI is InChI=1S/C15H13F4NO2S/c1-10-7-13(16)5-6-14(10)23(21,22)20-9-11-3-2-4-12(8-11)15(17,18)19/h2-8,20H,9H2,1H3. The molecule has 2 aromatic carbocycles. The lowest BCUT2D eigenvalue weighted by atomic mass is 10.1. The molecule has 0 amide bonds. The van der Waals surface area contributed by atoms with Crippen LogP contribution in [0.2, 0.25) is 0 Å². The van der Waals surface area contributed by atoms with Crippen LogP contribution in [-0.2, 0) is 22.7 Å². The Labute approximate surface area is 131 Å². The number of sulfonamides is 1. The number of hydrogen-bond donors (Lipinski definition) is 1. The van der Waals surface area contributed by atoms with Crippen LogP contribution in [0.4, 0.5) is 17.6 Å². The van der Waals surface area contributed by atoms with Crippen molar-refractivity contribution in [3.05, 3.63) is 65.0 Å². The van der Waals surface area contributed by atoms with E-state index in [2.05, 4.69) is 4.72 Å². The van der Waals surface area contributed by atoms with Crippen LogP contribution in [0.15, 0.2) is 47.4 Å². The first-order valence-corrected chi connectivity index (χ1v) is 8.00. The second kappa shape index (κ2) is 6.29. The van der Waals surface area contributed by atoms with E-state index >= 15 is 0 Å². The van der Waals surface area contributed by atoms with Gasteiger partial charge in [0.25, 0.3) is 0 Å². The first kappa shape index (κ1) is 17.4. The molecule has 8 heteroatoms. The zero-order valence-corrected chi connectivity index (χ0v) is 12.8. The van der Waals surface area contributed by atoms with Gasteiger partial charge in [-0.1, -0.05) is 18.2 Å². The van der Waals surface area contributed by atoms with Gasteiger partial charge >= 0.3 is 6.18 Å². The van der Waals surface area contributed by atoms with Crippen molar-refractivity contribution in [1.29, 1.82) is 0 Å². The number of benzene rings is 2. The van der Waals surface area contributed by atoms with Crippen molar-refractivity contribution in [1.82, 2.24) is 4.72 Å². The van der Waals surface area contributed by atoms with E-state index in [-0.39, 0.29) is 22.6 Å². The largest absolute Gasteiger partial charge is 0.416 e. The highest BCUT2D eigenvalue weighted by Gasteiger charge is 2.30. The van der Waals surface area contributed by atoms with Gasteiger partial charge in [0.15, 0.2) is 0 Å². The fourth-order valence-corrected chi connectivity index (χ4v) is 3.27. The van der Waals surface area contributed by atoms with Gasteiger partial charge < -0.3 is 0 Å². The van der Waals surface area contributed by atoms with Gasteiger partial charge in [0.2, 0.25) is 10.0 Å². The molecule has 0 atom stereocenters. The van der Waals surface area contributed by atoms with Gasteiger partial charge in [-0.25, -0.2) is 17.5 Å². The summed E-state index contributed by atoms with van der Waals surface area (Å²) >= 11 is 0. The van der Waals surface area contributed by atoms with Crippen LogP contribution in [0.3, 0.4) is 0 Å². The Hall–Kier alpha value is -1.93. The summed E-state index contributed by atoms with van der Waals surface area (Å²) in [6.07, 6.45) is -4.50. The van der Waals surface area contributed by atoms with Crippen molar-refractivity contribution in [2.24, 2.45) is 0 Å². The maximum absolute atomic E-state index is 13.0. The summed E-state index contributed by atoms with van der Waals surface area (Å²) in [4.78, 5) is -0.120. The van der Waals surface area contributed by atoms with Crippen LogP contribution in [0, 0.1) is 12.7 Å². The molecule has 0 aliphatic carbocycles. The number of alkyl halides is 3. The van der Waals surface area contributed by atoms with Crippen LogP contribution in [0.5, 0.6) is 0 Å². The van der Waals surface area contributed by atoms with Crippen LogP contribution in [0.25, 0.3) is 0 Å². The van der Waals surface area contributed by atoms with E-state index in [1.165, 1.54) is 19.1 Å². The topological polar surface area (TPSA) is 46.2 Å². The van der Waals surface area contributed by atoms with E-state index in [0.717, 1.165) is 30.3 Å². The molecule has 0 unspecified atom stereocenters. The van der Waals surface area contributed by atoms with E-state index in [0.29, 0.717) is 0 Å². The number of halogens is 4. The third kappa shape index (κ3) is 4.29. The van der Waals surface area contributed by atoms with Crippen LogP contribution in [-0.4, -0.2) is 8.42 Å². The second-order valence-corrected chi connectivity index (χ2v) is 6.67. The second-order valence-electron chi connectivity index (χ2n) is 4.93. The Morgan fingerprint density at radius 3 is 2.39 bits per heavy atom. The third-order valence-corrected chi connectivity index (χ3v) is 4.71. The van der Waals surface area contributed by atoms with Gasteiger partial charge in [0.1, 0.15) is 5.82 Å². The number of rotatable bonds is 4. The lowest BCUT2D eigenvalue weighted by Gasteiger charge is -2.11. The molecule has 0 fully saturated rings. The van der Waals surface area contributed by atoms with E-state index in [1.54, 1.807) is 0 Å². The summed E-state index contributed by atoms with van der Waals surface area (Å²) in [5.41, 5.74) is -0.475. The van der Waals surface area contributed by atoms with E-state index in [4.69, 9.17) is 0 Å². The van der Waals surface area contributed by atoms with E-state index in [9.17, 15) is 26.0 Å². The maximum Gasteiger partial charge on any atom is 0.416 e. The van der Waals surface area contributed by atoms with Crippen LogP contribution < -0.4 is 4.72 Å². The average molecular weight is 347 g/mol. The summed E-state index contributed by atoms with van der Waals surface area (Å²) < 4.78 is 77.4. The first-order chi connectivity index (χ1) is 10.6. The molecule has 0 heterocycles. The summed E-state index contributed by atoms with van der Waals surface area (Å²) in [6, 6.07) is 7.55. The summed E-state index contributed by atoms with van der Waals surface area (Å²) in [7, 11) is -3.95. The van der Waals surface area contributed by atoms with Crippen molar-refractivity contribution in [2.45, 2.75) is 24.5 Å². The van der Waals surface area contributed by atoms with Gasteiger partial charge in [-0.05, 0) is 42.3 Å². The molecule has 0 aromatic heterocycles. The lowest BCUT2D eigenvalue weighted by Crippen LogP contribution is -2.24. The third-order valence-electron chi connectivity index (χ3n) is 3.15. The highest BCUT2D eigenvalue weighted by Crippen LogP contribution is 2.29. The summed E-state index contributed by atoms with van der Waals surface area (Å²) in [5, 5.41) is 0. The molecule has 3 nitrogen and oxygen atoms in total. The van der Waals surface area contributed by atoms with Gasteiger partial charge in [-0.15, -0.1) is 0 Å². The minimum Gasteiger partial charge on any atom is -0.207 e. The minimum absolute atomic E-state index is 0.120. The molecule has 23 heavy (non-hydrogen) atoms. The Balaban J connectivity index is 2.20. The monoisotopic (exact) mass is 347 g/mol. The molecular formula is C15H13F4NO2S. The first-order valence-electron chi connectivity index (χ1n) is 6.51. The summed E-state index contributed by atoms with van der Waals surface area (Å²) in [5.74, 6) is -0.570. The predicted molar refractivity (Wildman–Crippen MR) is 76.6 cm³/mol. The van der Waals surface area contributed by atoms with Gasteiger partial charge in [0, 0.05) is 6.54 Å². The smallest absolute Gasteiger partial charge is 0.207 e. The molecule has 0 saturated heterocycles. The Kier molecular flexibility index (Phi) is 4.76. The Morgan fingerprint density at radius 1 is 1.09 bits per heavy atom. The SMILES string of the molecule is Cc1cc(F)ccc1S(=O)(=O)NCc1cccc(C(F)(F)F)c1. The zero-order chi connectivity index (χ0) is 17.3. The fraction of sp³-hybridized carbons (Fsp3) is 0.200. The van der Waals surface area contributed by atoms with Gasteiger partial charge in [-0.2, -0.15) is 13.2 Å². The molecule has 124 valence electrons. The average Bonchev–Trinajstić information content (AvgIpc) is 2.44. The van der Waals surface area contributed by atoms with Crippen molar-refractivity contribution in [2.75, 3.05) is 0 Å². The lowest BCUT2D eigenvalue weighted by molar-refractivity contribution is -0.137. The van der Waals surface area contributed by atoms with Crippen LogP contribution >= 0.6 is 0 Å². The van der Waals surface area contributed by atoms with E-state index < -0.39 is 27.6 Å². The number of nitrogens with one attached hydrogen (secondary N) is 1. The molecule has 0 aliphatic rings. The van der Waals surface area contributed by atoms with E-state index in [1.807, 2.05) is 0 Å². The molecule has 0 bridgehead atoms. The van der Waals surface area contributed by atoms with Gasteiger partial charge in [0.05, 0.1) is 10.5 Å². The molecule has 0 radical (unpaired) electrons. The molecule has 0 aliphatic heterocycles. The predicted octanol–water partition coefficient (Wildman–Crippen LogP) is 3.63. The normalized spacial score (nSPS) is 12.4. The minimum atomic E-state index is -4.50. The van der Waals surface area contributed by atoms with Crippen molar-refractivity contribution in [3.8, 4) is 0 Å². The van der Waals surface area contributed by atoms with Crippen molar-refractivity contribution in [3.63, 3.8) is 0 Å². The molecule has 0 saturated carbocycles. The molecule has 2 aromatic rings. The van der Waals surface area contributed by atoms with Crippen LogP contribution in [0.1, 0.15) is 16.7 Å². The van der Waals surface area contributed by atoms with Crippen molar-refractivity contribution >= 4 is 10.0 Å². The molecule has 1 N–H and O–H groups in total.